The zero-order valence-corrected chi connectivity index (χ0v) is 13.8. The number of esters is 1. The largest absolute Gasteiger partial charge is 0.457 e. The van der Waals surface area contributed by atoms with Gasteiger partial charge in [0.05, 0.1) is 11.9 Å². The van der Waals surface area contributed by atoms with E-state index in [1.165, 1.54) is 15.9 Å². The van der Waals surface area contributed by atoms with Crippen molar-refractivity contribution in [3.05, 3.63) is 48.4 Å². The fraction of sp³-hybridized carbons (Fsp3) is 0.286. The highest BCUT2D eigenvalue weighted by molar-refractivity contribution is 7.17. The molecule has 0 aromatic carbocycles. The number of hydrogen-bond acceptors (Lipinski definition) is 7. The van der Waals surface area contributed by atoms with Crippen LogP contribution in [0.1, 0.15) is 17.9 Å². The number of rotatable bonds is 5. The van der Waals surface area contributed by atoms with Crippen LogP contribution in [-0.2, 0) is 22.7 Å². The van der Waals surface area contributed by atoms with Gasteiger partial charge in [-0.25, -0.2) is 4.98 Å². The second kappa shape index (κ2) is 6.47. The number of aromatic amines is 1. The molecule has 3 rings (SSSR count). The number of carbonyl (C=O) groups excluding carboxylic acids is 1. The summed E-state index contributed by atoms with van der Waals surface area (Å²) < 4.78 is 7.19. The fourth-order valence-corrected chi connectivity index (χ4v) is 3.58. The number of nitrogens with zero attached hydrogens (tertiary/aromatic N) is 2. The molecule has 1 N–H and O–H groups in total. The van der Waals surface area contributed by atoms with Crippen LogP contribution in [0.5, 0.6) is 0 Å². The molecule has 3 aromatic heterocycles. The molecule has 0 unspecified atom stereocenters. The van der Waals surface area contributed by atoms with Gasteiger partial charge in [0.1, 0.15) is 17.1 Å². The lowest BCUT2D eigenvalue weighted by atomic mass is 10.4. The minimum Gasteiger partial charge on any atom is -0.457 e. The van der Waals surface area contributed by atoms with Gasteiger partial charge in [-0.1, -0.05) is 11.3 Å². The Morgan fingerprint density at radius 2 is 2.22 bits per heavy atom. The Kier molecular flexibility index (Phi) is 4.39. The summed E-state index contributed by atoms with van der Waals surface area (Å²) in [6, 6.07) is 1.74. The van der Waals surface area contributed by atoms with E-state index in [1.807, 2.05) is 6.92 Å². The molecule has 0 atom stereocenters. The van der Waals surface area contributed by atoms with Crippen LogP contribution in [-0.4, -0.2) is 20.5 Å². The number of carbonyl (C=O) groups is 1. The number of nitrogens with one attached hydrogen (secondary N) is 1. The first-order valence-electron chi connectivity index (χ1n) is 6.81. The van der Waals surface area contributed by atoms with Gasteiger partial charge in [-0.15, -0.1) is 11.3 Å². The smallest absolute Gasteiger partial charge is 0.308 e. The zero-order valence-electron chi connectivity index (χ0n) is 12.2. The quantitative estimate of drug-likeness (QED) is 0.706. The molecule has 23 heavy (non-hydrogen) atoms. The number of ether oxygens (including phenoxy) is 1. The van der Waals surface area contributed by atoms with Crippen LogP contribution in [0.2, 0.25) is 0 Å². The average molecular weight is 351 g/mol. The van der Waals surface area contributed by atoms with Crippen molar-refractivity contribution >= 4 is 38.9 Å². The molecule has 0 bridgehead atoms. The summed E-state index contributed by atoms with van der Waals surface area (Å²) in [6.07, 6.45) is 0.0857. The Hall–Kier alpha value is -2.26. The average Bonchev–Trinajstić information content (AvgIpc) is 3.11. The van der Waals surface area contributed by atoms with E-state index >= 15 is 0 Å². The van der Waals surface area contributed by atoms with Gasteiger partial charge < -0.3 is 14.3 Å². The molecule has 0 aliphatic heterocycles. The van der Waals surface area contributed by atoms with Crippen molar-refractivity contribution in [3.63, 3.8) is 0 Å². The van der Waals surface area contributed by atoms with Gasteiger partial charge in [-0.3, -0.25) is 14.4 Å². The number of thiophene rings is 1. The predicted octanol–water partition coefficient (Wildman–Crippen LogP) is 1.65. The summed E-state index contributed by atoms with van der Waals surface area (Å²) in [7, 11) is 0. The first-order valence-corrected chi connectivity index (χ1v) is 8.57. The maximum absolute atomic E-state index is 11.8. The molecule has 0 aliphatic carbocycles. The third-order valence-electron chi connectivity index (χ3n) is 3.25. The van der Waals surface area contributed by atoms with Gasteiger partial charge in [0.2, 0.25) is 0 Å². The molecule has 0 amide bonds. The van der Waals surface area contributed by atoms with Crippen LogP contribution >= 0.6 is 22.7 Å². The van der Waals surface area contributed by atoms with Gasteiger partial charge in [0, 0.05) is 17.6 Å². The number of fused-ring (bicyclic) bond motifs is 1. The third-order valence-corrected chi connectivity index (χ3v) is 5.03. The first-order chi connectivity index (χ1) is 11.0. The van der Waals surface area contributed by atoms with Gasteiger partial charge in [-0.05, 0) is 18.4 Å². The number of H-pyrrole nitrogens is 1. The van der Waals surface area contributed by atoms with Crippen molar-refractivity contribution in [1.29, 1.82) is 0 Å². The summed E-state index contributed by atoms with van der Waals surface area (Å²) >= 11 is 2.41. The van der Waals surface area contributed by atoms with Crippen LogP contribution < -0.4 is 10.4 Å². The van der Waals surface area contributed by atoms with Crippen molar-refractivity contribution in [2.24, 2.45) is 0 Å². The summed E-state index contributed by atoms with van der Waals surface area (Å²) in [4.78, 5) is 41.9. The van der Waals surface area contributed by atoms with E-state index in [-0.39, 0.29) is 30.0 Å². The van der Waals surface area contributed by atoms with Gasteiger partial charge >= 0.3 is 10.8 Å². The van der Waals surface area contributed by atoms with Crippen molar-refractivity contribution < 1.29 is 9.53 Å². The molecule has 0 saturated heterocycles. The monoisotopic (exact) mass is 351 g/mol. The van der Waals surface area contributed by atoms with Crippen LogP contribution in [0.4, 0.5) is 0 Å². The predicted molar refractivity (Wildman–Crippen MR) is 88.0 cm³/mol. The van der Waals surface area contributed by atoms with E-state index in [0.29, 0.717) is 16.0 Å². The maximum atomic E-state index is 11.8. The number of hydrogen-bond donors (Lipinski definition) is 1. The standard InChI is InChI=1S/C14H13N3O4S2/c1-8-7-23-14(20)17(8)4-2-11(18)21-6-10-15-9-3-5-22-12(9)13(19)16-10/h3,5,7H,2,4,6H2,1H3,(H,15,16,19). The molecule has 0 radical (unpaired) electrons. The molecule has 9 heteroatoms. The highest BCUT2D eigenvalue weighted by Gasteiger charge is 2.10. The summed E-state index contributed by atoms with van der Waals surface area (Å²) in [5.74, 6) is -0.145. The topological polar surface area (TPSA) is 94.0 Å². The second-order valence-corrected chi connectivity index (χ2v) is 6.59. The molecule has 0 fully saturated rings. The number of aromatic nitrogens is 3. The second-order valence-electron chi connectivity index (χ2n) is 4.85. The normalized spacial score (nSPS) is 11.0. The lowest BCUT2D eigenvalue weighted by molar-refractivity contribution is -0.145. The summed E-state index contributed by atoms with van der Waals surface area (Å²) in [6.45, 7) is 1.99. The lowest BCUT2D eigenvalue weighted by Crippen LogP contribution is -2.18. The number of aryl methyl sites for hydroxylation is 1. The van der Waals surface area contributed by atoms with Crippen LogP contribution in [0.3, 0.4) is 0 Å². The lowest BCUT2D eigenvalue weighted by Gasteiger charge is -2.06. The van der Waals surface area contributed by atoms with Crippen LogP contribution in [0.15, 0.2) is 26.4 Å². The fourth-order valence-electron chi connectivity index (χ4n) is 2.09. The Morgan fingerprint density at radius 3 is 2.96 bits per heavy atom. The van der Waals surface area contributed by atoms with Gasteiger partial charge in [-0.2, -0.15) is 0 Å². The third kappa shape index (κ3) is 3.40. The minimum atomic E-state index is -0.449. The molecule has 0 saturated carbocycles. The van der Waals surface area contributed by atoms with Gasteiger partial charge in [0.25, 0.3) is 5.56 Å². The highest BCUT2D eigenvalue weighted by atomic mass is 32.1. The molecule has 7 nitrogen and oxygen atoms in total. The molecular weight excluding hydrogens is 338 g/mol. The molecular formula is C14H13N3O4S2. The first kappa shape index (κ1) is 15.6. The van der Waals surface area contributed by atoms with E-state index in [1.54, 1.807) is 16.8 Å². The van der Waals surface area contributed by atoms with E-state index < -0.39 is 5.97 Å². The van der Waals surface area contributed by atoms with Crippen molar-refractivity contribution in [2.75, 3.05) is 0 Å². The minimum absolute atomic E-state index is 0.0857. The van der Waals surface area contributed by atoms with Crippen LogP contribution in [0, 0.1) is 6.92 Å². The van der Waals surface area contributed by atoms with E-state index in [2.05, 4.69) is 9.97 Å². The van der Waals surface area contributed by atoms with E-state index in [0.717, 1.165) is 17.0 Å². The number of thiazole rings is 1. The molecule has 3 heterocycles. The van der Waals surface area contributed by atoms with E-state index in [9.17, 15) is 14.4 Å². The molecule has 0 aliphatic rings. The van der Waals surface area contributed by atoms with Gasteiger partial charge in [0.15, 0.2) is 0 Å². The Balaban J connectivity index is 1.60. The van der Waals surface area contributed by atoms with E-state index in [4.69, 9.17) is 4.74 Å². The Morgan fingerprint density at radius 1 is 1.39 bits per heavy atom. The Bertz CT molecular complexity index is 966. The SMILES string of the molecule is Cc1csc(=O)n1CCC(=O)OCc1nc2ccsc2c(=O)[nH]1. The molecule has 120 valence electrons. The van der Waals surface area contributed by atoms with Crippen LogP contribution in [0.25, 0.3) is 10.2 Å². The summed E-state index contributed by atoms with van der Waals surface area (Å²) in [5, 5.41) is 3.53. The molecule has 3 aromatic rings. The molecule has 0 spiro atoms. The van der Waals surface area contributed by atoms with Crippen molar-refractivity contribution in [1.82, 2.24) is 14.5 Å². The Labute approximate surface area is 138 Å². The maximum Gasteiger partial charge on any atom is 0.308 e. The summed E-state index contributed by atoms with van der Waals surface area (Å²) in [5.41, 5.74) is 1.17. The van der Waals surface area contributed by atoms with Crippen molar-refractivity contribution in [3.8, 4) is 0 Å². The van der Waals surface area contributed by atoms with Crippen molar-refractivity contribution in [2.45, 2.75) is 26.5 Å². The zero-order chi connectivity index (χ0) is 16.4. The highest BCUT2D eigenvalue weighted by Crippen LogP contribution is 2.13.